The Labute approximate surface area is 550 Å². The van der Waals surface area contributed by atoms with Crippen molar-refractivity contribution in [3.63, 3.8) is 0 Å². The summed E-state index contributed by atoms with van der Waals surface area (Å²) >= 11 is 5.59. The average Bonchev–Trinajstić information content (AvgIpc) is 1.62. The molecule has 4 unspecified atom stereocenters. The van der Waals surface area contributed by atoms with E-state index in [1.165, 1.54) is 40.9 Å². The Bertz CT molecular complexity index is 5750. The Balaban J connectivity index is 1.08. The number of hydrogen-bond acceptors (Lipinski definition) is 21. The first kappa shape index (κ1) is 54.9. The molecule has 4 atom stereocenters. The van der Waals surface area contributed by atoms with E-state index >= 15 is 4.79 Å². The number of nitrogens with zero attached hydrogens (tertiary/aromatic N) is 12. The van der Waals surface area contributed by atoms with Crippen LogP contribution in [0.15, 0.2) is 258 Å². The van der Waals surface area contributed by atoms with Crippen LogP contribution in [-0.2, 0) is 21.5 Å². The van der Waals surface area contributed by atoms with Crippen LogP contribution in [0.3, 0.4) is 0 Å². The van der Waals surface area contributed by atoms with Gasteiger partial charge < -0.3 is 27.7 Å². The molecule has 5 N–H and O–H groups in total. The van der Waals surface area contributed by atoms with E-state index in [9.17, 15) is 0 Å². The van der Waals surface area contributed by atoms with Crippen molar-refractivity contribution >= 4 is 111 Å². The fourth-order valence-corrected chi connectivity index (χ4v) is 18.7. The van der Waals surface area contributed by atoms with Gasteiger partial charge >= 0.3 is 5.63 Å². The van der Waals surface area contributed by atoms with Crippen LogP contribution in [0.25, 0.3) is 86.9 Å². The number of hydrogen-bond donors (Lipinski definition) is 5. The molecule has 22 nitrogen and oxygen atoms in total. The molecule has 12 aromatic heterocycles. The smallest absolute Gasteiger partial charge is 0.340 e. The van der Waals surface area contributed by atoms with E-state index in [0.29, 0.717) is 49.0 Å². The molecule has 1 saturated heterocycles. The van der Waals surface area contributed by atoms with Gasteiger partial charge in [-0.25, -0.2) is 19.9 Å². The molecule has 18 aromatic rings. The highest BCUT2D eigenvalue weighted by Crippen LogP contribution is 2.75. The fourth-order valence-electron chi connectivity index (χ4n) is 14.6. The maximum Gasteiger partial charge on any atom is 0.340 e. The highest BCUT2D eigenvalue weighted by Gasteiger charge is 2.86. The topological polar surface area (TPSA) is 284 Å². The number of imidazole rings is 1. The molecular weight excluding hydrogens is 1280 g/mol. The number of rotatable bonds is 14. The minimum Gasteiger partial charge on any atom is -0.466 e. The molecule has 6 aromatic carbocycles. The van der Waals surface area contributed by atoms with Crippen LogP contribution in [0, 0.1) is 0 Å². The lowest BCUT2D eigenvalue weighted by atomic mass is 9.48. The molecule has 458 valence electrons. The van der Waals surface area contributed by atoms with Gasteiger partial charge in [-0.2, -0.15) is 9.47 Å². The van der Waals surface area contributed by atoms with Gasteiger partial charge in [-0.1, -0.05) is 113 Å². The average molecular weight is 1320 g/mol. The predicted molar refractivity (Wildman–Crippen MR) is 362 cm³/mol. The minimum absolute atomic E-state index is 0.00653. The van der Waals surface area contributed by atoms with E-state index in [4.69, 9.17) is 52.6 Å². The summed E-state index contributed by atoms with van der Waals surface area (Å²) in [5.41, 5.74) is -1.48. The third-order valence-electron chi connectivity index (χ3n) is 18.0. The number of aromatic nitrogens is 15. The van der Waals surface area contributed by atoms with Gasteiger partial charge in [-0.15, -0.1) is 32.9 Å². The van der Waals surface area contributed by atoms with Crippen LogP contribution in [0.5, 0.6) is 0 Å². The van der Waals surface area contributed by atoms with E-state index in [2.05, 4.69) is 124 Å². The number of thiazole rings is 1. The SMILES string of the molecule is O=c1oc2ccccc2cc1C1(c2c[nH]nn2)C(c2nnn[nH]2)(c2ccco2)N(c2ccsn2)C(Sc2ccc(-c3cc4ccccc4o3)c(-c3cc4ccccc4s3)c2-c2cc3ccccc3[nH]2)(c2ncc[nH]2)N(c2ccon2)C1(c1nccs1)c1n[nH]c2ccccc12. The number of tetrazole rings is 1. The van der Waals surface area contributed by atoms with Crippen molar-refractivity contribution in [2.45, 2.75) is 26.4 Å². The van der Waals surface area contributed by atoms with Gasteiger partial charge in [0.2, 0.25) is 4.99 Å². The maximum absolute atomic E-state index is 16.9. The number of thiophene rings is 1. The largest absolute Gasteiger partial charge is 0.466 e. The summed E-state index contributed by atoms with van der Waals surface area (Å²) in [5.74, 6) is 1.61. The summed E-state index contributed by atoms with van der Waals surface area (Å²) in [7, 11) is 0. The van der Waals surface area contributed by atoms with Gasteiger partial charge in [0.15, 0.2) is 28.5 Å². The Morgan fingerprint density at radius 2 is 1.44 bits per heavy atom. The maximum atomic E-state index is 16.9. The van der Waals surface area contributed by atoms with Gasteiger partial charge in [0.25, 0.3) is 0 Å². The first-order valence-corrected chi connectivity index (χ1v) is 33.2. The molecule has 1 aliphatic heterocycles. The van der Waals surface area contributed by atoms with Crippen molar-refractivity contribution < 1.29 is 17.8 Å². The molecule has 0 bridgehead atoms. The summed E-state index contributed by atoms with van der Waals surface area (Å²) in [6.07, 6.45) is 9.91. The molecule has 19 rings (SSSR count). The Morgan fingerprint density at radius 3 is 2.18 bits per heavy atom. The zero-order chi connectivity index (χ0) is 62.9. The lowest BCUT2D eigenvalue weighted by Crippen LogP contribution is -2.86. The summed E-state index contributed by atoms with van der Waals surface area (Å²) in [6.45, 7) is 0. The number of para-hydroxylation sites is 4. The van der Waals surface area contributed by atoms with Crippen molar-refractivity contribution in [2.24, 2.45) is 0 Å². The fraction of sp³-hybridized carbons (Fsp3) is 0.0580. The van der Waals surface area contributed by atoms with Crippen molar-refractivity contribution in [1.82, 2.24) is 75.7 Å². The van der Waals surface area contributed by atoms with Crippen molar-refractivity contribution in [1.29, 1.82) is 0 Å². The first-order chi connectivity index (χ1) is 47.0. The number of thioether (sulfide) groups is 1. The number of H-pyrrole nitrogens is 5. The normalized spacial score (nSPS) is 19.2. The van der Waals surface area contributed by atoms with E-state index in [1.54, 1.807) is 60.6 Å². The Morgan fingerprint density at radius 1 is 0.632 bits per heavy atom. The quantitative estimate of drug-likeness (QED) is 0.0632. The lowest BCUT2D eigenvalue weighted by molar-refractivity contribution is 0.0666. The monoisotopic (exact) mass is 1320 g/mol. The second-order valence-electron chi connectivity index (χ2n) is 22.7. The van der Waals surface area contributed by atoms with Gasteiger partial charge in [-0.3, -0.25) is 20.0 Å². The lowest BCUT2D eigenvalue weighted by Gasteiger charge is -2.71. The van der Waals surface area contributed by atoms with E-state index in [-0.39, 0.29) is 34.5 Å². The second-order valence-corrected chi connectivity index (χ2v) is 26.5. The third-order valence-corrected chi connectivity index (χ3v) is 22.0. The number of fused-ring (bicyclic) bond motifs is 5. The van der Waals surface area contributed by atoms with Crippen LogP contribution in [0.4, 0.5) is 11.6 Å². The number of anilines is 2. The summed E-state index contributed by atoms with van der Waals surface area (Å²) < 4.78 is 33.7. The van der Waals surface area contributed by atoms with Crippen LogP contribution >= 0.6 is 46.0 Å². The molecule has 0 radical (unpaired) electrons. The van der Waals surface area contributed by atoms with Crippen LogP contribution in [-0.4, -0.2) is 75.7 Å². The molecule has 26 heteroatoms. The second kappa shape index (κ2) is 21.1. The number of nitrogens with one attached hydrogen (secondary N) is 5. The highest BCUT2D eigenvalue weighted by atomic mass is 32.2. The summed E-state index contributed by atoms with van der Waals surface area (Å²) in [6, 6.07) is 59.6. The van der Waals surface area contributed by atoms with Crippen LogP contribution in [0.1, 0.15) is 39.4 Å². The third kappa shape index (κ3) is 7.62. The molecule has 1 aliphatic rings. The molecule has 0 spiro atoms. The molecule has 13 heterocycles. The van der Waals surface area contributed by atoms with Crippen molar-refractivity contribution in [3.8, 4) is 33.0 Å². The summed E-state index contributed by atoms with van der Waals surface area (Å²) in [4.78, 5) is 39.2. The molecule has 0 amide bonds. The molecule has 1 fully saturated rings. The minimum atomic E-state index is -2.35. The van der Waals surface area contributed by atoms with Crippen LogP contribution in [0.2, 0.25) is 0 Å². The highest BCUT2D eigenvalue weighted by molar-refractivity contribution is 8.00. The van der Waals surface area contributed by atoms with Crippen molar-refractivity contribution in [3.05, 3.63) is 280 Å². The van der Waals surface area contributed by atoms with Gasteiger partial charge in [0.1, 0.15) is 50.9 Å². The number of aromatic amines is 5. The van der Waals surface area contributed by atoms with E-state index in [0.717, 1.165) is 59.2 Å². The Kier molecular flexibility index (Phi) is 12.2. The van der Waals surface area contributed by atoms with Gasteiger partial charge in [0, 0.05) is 106 Å². The Hall–Kier alpha value is -11.8. The predicted octanol–water partition coefficient (Wildman–Crippen LogP) is 14.8. The number of benzene rings is 6. The molecule has 0 saturated carbocycles. The van der Waals surface area contributed by atoms with Crippen molar-refractivity contribution in [2.75, 3.05) is 9.80 Å². The first-order valence-electron chi connectivity index (χ1n) is 29.8. The van der Waals surface area contributed by atoms with E-state index in [1.807, 2.05) is 102 Å². The molecular formula is C69H43N17O5S4. The molecule has 95 heavy (non-hydrogen) atoms. The van der Waals surface area contributed by atoms with Crippen LogP contribution < -0.4 is 15.4 Å². The standard InChI is InChI=1S/C69H43N17O5S4/c87-62-45(34-40-13-2-9-20-50(40)91-62)66(55-38-73-82-76-55)67(56-22-11-30-88-56,63-78-83-84-79-63)86(58-26-32-93-81-58)69(64-70-27-28-71-64,85(57-25-31-89-80-57)68(66,65-72-29-33-92-65)61-43-16-5-7-18-47(43)75-77-61)95-53-24-23-44(51-36-41-14-3-8-19-49(41)90-51)59(54-37-42-15-4-10-21-52(42)94-54)60(53)48-35-39-12-1-6-17-46(39)74-48/h1-38,74H,(H,70,71)(H,75,77)(H,73,76,82)(H,78,79,83,84). The zero-order valence-corrected chi connectivity index (χ0v) is 52.2. The van der Waals surface area contributed by atoms with E-state index < -0.39 is 27.1 Å². The molecule has 0 aliphatic carbocycles. The summed E-state index contributed by atoms with van der Waals surface area (Å²) in [5, 5.41) is 52.7. The zero-order valence-electron chi connectivity index (χ0n) is 49.0. The van der Waals surface area contributed by atoms with Gasteiger partial charge in [-0.05, 0) is 112 Å². The van der Waals surface area contributed by atoms with Gasteiger partial charge in [0.05, 0.1) is 23.0 Å². The number of furan rings is 2.